The van der Waals surface area contributed by atoms with Gasteiger partial charge < -0.3 is 9.47 Å². The Morgan fingerprint density at radius 2 is 2.25 bits per heavy atom. The summed E-state index contributed by atoms with van der Waals surface area (Å²) in [4.78, 5) is 15.5. The van der Waals surface area contributed by atoms with Crippen molar-refractivity contribution in [2.24, 2.45) is 0 Å². The van der Waals surface area contributed by atoms with Gasteiger partial charge in [0, 0.05) is 11.1 Å². The third-order valence-corrected chi connectivity index (χ3v) is 3.04. The molecule has 5 heteroatoms. The molecule has 1 aliphatic heterocycles. The highest BCUT2D eigenvalue weighted by Gasteiger charge is 2.16. The summed E-state index contributed by atoms with van der Waals surface area (Å²) in [5.41, 5.74) is 3.56. The van der Waals surface area contributed by atoms with Gasteiger partial charge in [0.15, 0.2) is 0 Å². The van der Waals surface area contributed by atoms with Crippen molar-refractivity contribution >= 4 is 11.8 Å². The van der Waals surface area contributed by atoms with E-state index in [-0.39, 0.29) is 6.61 Å². The van der Waals surface area contributed by atoms with Crippen molar-refractivity contribution in [1.82, 2.24) is 4.98 Å². The number of benzene rings is 1. The van der Waals surface area contributed by atoms with E-state index in [4.69, 9.17) is 9.47 Å². The zero-order valence-electron chi connectivity index (χ0n) is 11.1. The second-order valence-corrected chi connectivity index (χ2v) is 4.39. The van der Waals surface area contributed by atoms with E-state index in [1.54, 1.807) is 6.20 Å². The van der Waals surface area contributed by atoms with Crippen LogP contribution in [0.5, 0.6) is 5.75 Å². The van der Waals surface area contributed by atoms with Crippen molar-refractivity contribution in [2.45, 2.75) is 13.5 Å². The van der Waals surface area contributed by atoms with Crippen molar-refractivity contribution in [1.29, 1.82) is 0 Å². The Balaban J connectivity index is 1.89. The topological polar surface area (TPSA) is 60.5 Å². The van der Waals surface area contributed by atoms with Crippen molar-refractivity contribution in [3.8, 4) is 17.0 Å². The number of cyclic esters (lactones) is 1. The van der Waals surface area contributed by atoms with E-state index in [1.165, 1.54) is 0 Å². The van der Waals surface area contributed by atoms with E-state index in [1.807, 2.05) is 37.3 Å². The summed E-state index contributed by atoms with van der Waals surface area (Å²) < 4.78 is 10.3. The standard InChI is InChI=1S/C15H14N2O3/c1-2-19-12-4-6-13(16-8-12)10-3-5-14-11(7-10)9-20-15(18)17-14/h3-8H,2,9H2,1H3,(H,17,18). The quantitative estimate of drug-likeness (QED) is 0.930. The summed E-state index contributed by atoms with van der Waals surface area (Å²) in [6.45, 7) is 2.84. The lowest BCUT2D eigenvalue weighted by Gasteiger charge is -2.18. The molecule has 1 aliphatic rings. The molecule has 0 fully saturated rings. The Hall–Kier alpha value is -2.56. The smallest absolute Gasteiger partial charge is 0.411 e. The number of aromatic nitrogens is 1. The third-order valence-electron chi connectivity index (χ3n) is 3.04. The maximum absolute atomic E-state index is 11.1. The number of hydrogen-bond acceptors (Lipinski definition) is 4. The minimum atomic E-state index is -0.413. The average Bonchev–Trinajstić information content (AvgIpc) is 2.48. The monoisotopic (exact) mass is 270 g/mol. The lowest BCUT2D eigenvalue weighted by atomic mass is 10.1. The van der Waals surface area contributed by atoms with Crippen LogP contribution >= 0.6 is 0 Å². The van der Waals surface area contributed by atoms with Gasteiger partial charge in [-0.05, 0) is 31.2 Å². The van der Waals surface area contributed by atoms with Crippen LogP contribution in [-0.2, 0) is 11.3 Å². The maximum Gasteiger partial charge on any atom is 0.411 e. The number of carbonyl (C=O) groups is 1. The molecule has 1 aromatic heterocycles. The maximum atomic E-state index is 11.1. The van der Waals surface area contributed by atoms with Gasteiger partial charge in [-0.1, -0.05) is 6.07 Å². The van der Waals surface area contributed by atoms with E-state index in [2.05, 4.69) is 10.3 Å². The molecule has 1 amide bonds. The van der Waals surface area contributed by atoms with Gasteiger partial charge in [-0.3, -0.25) is 10.3 Å². The van der Waals surface area contributed by atoms with Crippen LogP contribution in [0.3, 0.4) is 0 Å². The molecule has 0 unspecified atom stereocenters. The molecule has 0 saturated carbocycles. The zero-order valence-corrected chi connectivity index (χ0v) is 11.1. The fraction of sp³-hybridized carbons (Fsp3) is 0.200. The van der Waals surface area contributed by atoms with Gasteiger partial charge in [-0.25, -0.2) is 4.79 Å². The molecule has 2 aromatic rings. The molecular formula is C15H14N2O3. The number of carbonyl (C=O) groups excluding carboxylic acids is 1. The molecule has 1 aromatic carbocycles. The number of anilines is 1. The molecule has 5 nitrogen and oxygen atoms in total. The largest absolute Gasteiger partial charge is 0.492 e. The number of nitrogens with zero attached hydrogens (tertiary/aromatic N) is 1. The fourth-order valence-corrected chi connectivity index (χ4v) is 2.09. The summed E-state index contributed by atoms with van der Waals surface area (Å²) in [7, 11) is 0. The predicted octanol–water partition coefficient (Wildman–Crippen LogP) is 3.21. The number of nitrogens with one attached hydrogen (secondary N) is 1. The Morgan fingerprint density at radius 3 is 3.00 bits per heavy atom. The molecule has 0 spiro atoms. The summed E-state index contributed by atoms with van der Waals surface area (Å²) in [5, 5.41) is 2.66. The Kier molecular flexibility index (Phi) is 3.25. The molecule has 0 bridgehead atoms. The lowest BCUT2D eigenvalue weighted by molar-refractivity contribution is 0.151. The normalized spacial score (nSPS) is 13.2. The first kappa shape index (κ1) is 12.5. The van der Waals surface area contributed by atoms with Crippen LogP contribution < -0.4 is 10.1 Å². The van der Waals surface area contributed by atoms with Crippen LogP contribution in [0.25, 0.3) is 11.3 Å². The van der Waals surface area contributed by atoms with E-state index in [0.29, 0.717) is 6.61 Å². The van der Waals surface area contributed by atoms with Gasteiger partial charge >= 0.3 is 6.09 Å². The van der Waals surface area contributed by atoms with E-state index in [9.17, 15) is 4.79 Å². The first-order valence-corrected chi connectivity index (χ1v) is 6.42. The Bertz CT molecular complexity index is 638. The number of hydrogen-bond donors (Lipinski definition) is 1. The van der Waals surface area contributed by atoms with Gasteiger partial charge in [0.25, 0.3) is 0 Å². The van der Waals surface area contributed by atoms with Crippen LogP contribution in [0, 0.1) is 0 Å². The summed E-state index contributed by atoms with van der Waals surface area (Å²) in [6.07, 6.45) is 1.29. The molecule has 3 rings (SSSR count). The number of ether oxygens (including phenoxy) is 2. The zero-order chi connectivity index (χ0) is 13.9. The number of rotatable bonds is 3. The van der Waals surface area contributed by atoms with Gasteiger partial charge in [0.1, 0.15) is 12.4 Å². The fourth-order valence-electron chi connectivity index (χ4n) is 2.09. The van der Waals surface area contributed by atoms with Crippen LogP contribution in [0.15, 0.2) is 36.5 Å². The first-order valence-electron chi connectivity index (χ1n) is 6.42. The number of amides is 1. The summed E-state index contributed by atoms with van der Waals surface area (Å²) in [6, 6.07) is 9.56. The number of fused-ring (bicyclic) bond motifs is 1. The Morgan fingerprint density at radius 1 is 1.35 bits per heavy atom. The van der Waals surface area contributed by atoms with E-state index < -0.39 is 6.09 Å². The minimum Gasteiger partial charge on any atom is -0.492 e. The highest BCUT2D eigenvalue weighted by Crippen LogP contribution is 2.27. The van der Waals surface area contributed by atoms with Crippen LogP contribution in [0.2, 0.25) is 0 Å². The third kappa shape index (κ3) is 2.42. The molecule has 0 aliphatic carbocycles. The van der Waals surface area contributed by atoms with Crippen LogP contribution in [-0.4, -0.2) is 17.7 Å². The minimum absolute atomic E-state index is 0.284. The first-order chi connectivity index (χ1) is 9.76. The molecular weight excluding hydrogens is 256 g/mol. The molecule has 0 saturated heterocycles. The van der Waals surface area contributed by atoms with Gasteiger partial charge in [0.2, 0.25) is 0 Å². The molecule has 20 heavy (non-hydrogen) atoms. The SMILES string of the molecule is CCOc1ccc(-c2ccc3c(c2)COC(=O)N3)nc1. The van der Waals surface area contributed by atoms with Gasteiger partial charge in [0.05, 0.1) is 24.2 Å². The average molecular weight is 270 g/mol. The van der Waals surface area contributed by atoms with Crippen molar-refractivity contribution < 1.29 is 14.3 Å². The van der Waals surface area contributed by atoms with Crippen molar-refractivity contribution in [3.05, 3.63) is 42.1 Å². The van der Waals surface area contributed by atoms with E-state index >= 15 is 0 Å². The second kappa shape index (κ2) is 5.21. The number of pyridine rings is 1. The predicted molar refractivity (Wildman–Crippen MR) is 74.6 cm³/mol. The molecule has 2 heterocycles. The summed E-state index contributed by atoms with van der Waals surface area (Å²) in [5.74, 6) is 0.754. The molecule has 0 atom stereocenters. The molecule has 102 valence electrons. The van der Waals surface area contributed by atoms with Crippen LogP contribution in [0.1, 0.15) is 12.5 Å². The molecule has 1 N–H and O–H groups in total. The highest BCUT2D eigenvalue weighted by atomic mass is 16.5. The highest BCUT2D eigenvalue weighted by molar-refractivity contribution is 5.88. The van der Waals surface area contributed by atoms with Gasteiger partial charge in [-0.15, -0.1) is 0 Å². The second-order valence-electron chi connectivity index (χ2n) is 4.39. The Labute approximate surface area is 116 Å². The van der Waals surface area contributed by atoms with E-state index in [0.717, 1.165) is 28.3 Å². The summed E-state index contributed by atoms with van der Waals surface area (Å²) >= 11 is 0. The lowest BCUT2D eigenvalue weighted by Crippen LogP contribution is -2.20. The van der Waals surface area contributed by atoms with Crippen molar-refractivity contribution in [3.63, 3.8) is 0 Å². The van der Waals surface area contributed by atoms with Crippen molar-refractivity contribution in [2.75, 3.05) is 11.9 Å². The van der Waals surface area contributed by atoms with Crippen LogP contribution in [0.4, 0.5) is 10.5 Å². The molecule has 0 radical (unpaired) electrons. The van der Waals surface area contributed by atoms with Gasteiger partial charge in [-0.2, -0.15) is 0 Å².